The average molecular weight is 680 g/mol. The van der Waals surface area contributed by atoms with Gasteiger partial charge in [0, 0.05) is 16.2 Å². The molecule has 3 aromatic carbocycles. The van der Waals surface area contributed by atoms with Crippen molar-refractivity contribution < 1.29 is 38.1 Å². The largest absolute Gasteiger partial charge is 0.503 e. The molecule has 11 nitrogen and oxygen atoms in total. The summed E-state index contributed by atoms with van der Waals surface area (Å²) in [6.45, 7) is 0. The van der Waals surface area contributed by atoms with Gasteiger partial charge in [-0.1, -0.05) is 65.0 Å². The molecular weight excluding hydrogens is 654 g/mol. The van der Waals surface area contributed by atoms with Crippen LogP contribution in [-0.2, 0) is 10.5 Å². The Kier molecular flexibility index (Phi) is 8.80. The van der Waals surface area contributed by atoms with E-state index in [9.17, 15) is 14.7 Å². The Morgan fingerprint density at radius 1 is 0.978 bits per heavy atom. The van der Waals surface area contributed by atoms with Gasteiger partial charge in [0.25, 0.3) is 5.91 Å². The summed E-state index contributed by atoms with van der Waals surface area (Å²) in [6, 6.07) is 16.3. The Bertz CT molecular complexity index is 1980. The predicted molar refractivity (Wildman–Crippen MR) is 174 cm³/mol. The number of Topliss-reactive ketones (excluding diaryl/α,β-unsaturated/α-hetero) is 1. The lowest BCUT2D eigenvalue weighted by Gasteiger charge is -2.25. The second-order valence-corrected chi connectivity index (χ2v) is 12.4. The number of aromatic nitrogens is 2. The molecule has 46 heavy (non-hydrogen) atoms. The van der Waals surface area contributed by atoms with Crippen molar-refractivity contribution in [3.05, 3.63) is 93.9 Å². The first-order valence-corrected chi connectivity index (χ1v) is 15.8. The van der Waals surface area contributed by atoms with E-state index in [1.807, 2.05) is 18.2 Å². The Morgan fingerprint density at radius 2 is 1.70 bits per heavy atom. The van der Waals surface area contributed by atoms with Gasteiger partial charge in [0.05, 0.1) is 40.1 Å². The standard InChI is InChI=1S/C32H26ClN3O8S2/c1-40-20-11-7-9-16-12-21(44-28(16)20)26(37)24-25(18-13-22(41-2)29(43-4)23(14-18)42-3)36(30(39)27(24)38)31-34-35-32(46-31)45-15-17-8-5-6-10-19(17)33/h5-14,25,38H,15H2,1-4H3. The van der Waals surface area contributed by atoms with Gasteiger partial charge in [-0.3, -0.25) is 14.5 Å². The number of hydrogen-bond acceptors (Lipinski definition) is 12. The van der Waals surface area contributed by atoms with Gasteiger partial charge in [-0.15, -0.1) is 10.2 Å². The maximum Gasteiger partial charge on any atom is 0.296 e. The minimum Gasteiger partial charge on any atom is -0.503 e. The highest BCUT2D eigenvalue weighted by Gasteiger charge is 2.47. The third-order valence-electron chi connectivity index (χ3n) is 7.32. The molecule has 0 radical (unpaired) electrons. The number of methoxy groups -OCH3 is 4. The summed E-state index contributed by atoms with van der Waals surface area (Å²) in [5.41, 5.74) is 1.42. The third-order valence-corrected chi connectivity index (χ3v) is 9.79. The van der Waals surface area contributed by atoms with Gasteiger partial charge in [0.15, 0.2) is 38.7 Å². The van der Waals surface area contributed by atoms with Crippen LogP contribution >= 0.6 is 34.7 Å². The van der Waals surface area contributed by atoms with Crippen molar-refractivity contribution in [1.29, 1.82) is 0 Å². The maximum atomic E-state index is 14.2. The quantitative estimate of drug-likeness (QED) is 0.0875. The molecule has 1 N–H and O–H groups in total. The lowest BCUT2D eigenvalue weighted by atomic mass is 9.94. The Balaban J connectivity index is 1.45. The molecule has 2 aromatic heterocycles. The van der Waals surface area contributed by atoms with E-state index in [1.54, 1.807) is 36.4 Å². The number of thioether (sulfide) groups is 1. The lowest BCUT2D eigenvalue weighted by molar-refractivity contribution is -0.117. The molecule has 0 fully saturated rings. The summed E-state index contributed by atoms with van der Waals surface area (Å²) in [5, 5.41) is 21.3. The monoisotopic (exact) mass is 679 g/mol. The van der Waals surface area contributed by atoms with E-state index < -0.39 is 23.5 Å². The van der Waals surface area contributed by atoms with Crippen LogP contribution in [-0.4, -0.2) is 55.4 Å². The molecule has 0 aliphatic carbocycles. The van der Waals surface area contributed by atoms with Crippen LogP contribution in [0.25, 0.3) is 11.0 Å². The molecule has 3 heterocycles. The van der Waals surface area contributed by atoms with Crippen LogP contribution < -0.4 is 23.8 Å². The first-order valence-electron chi connectivity index (χ1n) is 13.7. The number of carbonyl (C=O) groups is 2. The van der Waals surface area contributed by atoms with Crippen LogP contribution in [0.5, 0.6) is 23.0 Å². The van der Waals surface area contributed by atoms with Gasteiger partial charge in [0.1, 0.15) is 0 Å². The molecule has 0 bridgehead atoms. The number of furan rings is 1. The van der Waals surface area contributed by atoms with E-state index in [-0.39, 0.29) is 28.0 Å². The number of fused-ring (bicyclic) bond motifs is 1. The fourth-order valence-corrected chi connectivity index (χ4v) is 7.32. The fraction of sp³-hybridized carbons (Fsp3) is 0.188. The Hall–Kier alpha value is -4.72. The zero-order valence-electron chi connectivity index (χ0n) is 24.9. The van der Waals surface area contributed by atoms with Crippen molar-refractivity contribution in [2.75, 3.05) is 33.3 Å². The number of halogens is 1. The van der Waals surface area contributed by atoms with Crippen LogP contribution in [0.2, 0.25) is 5.02 Å². The van der Waals surface area contributed by atoms with Crippen LogP contribution in [0.4, 0.5) is 5.13 Å². The molecule has 5 aromatic rings. The topological polar surface area (TPSA) is 133 Å². The minimum absolute atomic E-state index is 0.0959. The number of aliphatic hydroxyl groups is 1. The summed E-state index contributed by atoms with van der Waals surface area (Å²) in [4.78, 5) is 29.2. The Morgan fingerprint density at radius 3 is 2.37 bits per heavy atom. The molecule has 0 saturated heterocycles. The predicted octanol–water partition coefficient (Wildman–Crippen LogP) is 7.05. The summed E-state index contributed by atoms with van der Waals surface area (Å²) in [6.07, 6.45) is 0. The van der Waals surface area contributed by atoms with E-state index in [4.69, 9.17) is 35.0 Å². The molecule has 1 unspecified atom stereocenters. The molecule has 236 valence electrons. The highest BCUT2D eigenvalue weighted by atomic mass is 35.5. The molecule has 0 saturated carbocycles. The summed E-state index contributed by atoms with van der Waals surface area (Å²) in [7, 11) is 5.86. The third kappa shape index (κ3) is 5.50. The second kappa shape index (κ2) is 12.9. The lowest BCUT2D eigenvalue weighted by Crippen LogP contribution is -2.31. The SMILES string of the molecule is COc1cc(C2C(C(=O)c3cc4cccc(OC)c4o3)=C(O)C(=O)N2c2nnc(SCc3ccccc3Cl)s2)cc(OC)c1OC. The number of nitrogens with zero attached hydrogens (tertiary/aromatic N) is 3. The molecule has 14 heteroatoms. The number of ether oxygens (including phenoxy) is 4. The number of amides is 1. The van der Waals surface area contributed by atoms with E-state index in [0.717, 1.165) is 16.9 Å². The smallest absolute Gasteiger partial charge is 0.296 e. The first kappa shape index (κ1) is 31.3. The van der Waals surface area contributed by atoms with Gasteiger partial charge >= 0.3 is 0 Å². The highest BCUT2D eigenvalue weighted by molar-refractivity contribution is 8.00. The van der Waals surface area contributed by atoms with Crippen LogP contribution in [0, 0.1) is 0 Å². The summed E-state index contributed by atoms with van der Waals surface area (Å²) in [5.74, 6) is -0.578. The number of para-hydroxylation sites is 1. The van der Waals surface area contributed by atoms with Crippen molar-refractivity contribution >= 4 is 62.5 Å². The minimum atomic E-state index is -1.17. The number of anilines is 1. The van der Waals surface area contributed by atoms with Gasteiger partial charge in [-0.2, -0.15) is 0 Å². The molecule has 6 rings (SSSR count). The molecule has 1 amide bonds. The van der Waals surface area contributed by atoms with Crippen molar-refractivity contribution in [2.45, 2.75) is 16.1 Å². The van der Waals surface area contributed by atoms with E-state index >= 15 is 0 Å². The van der Waals surface area contributed by atoms with E-state index in [2.05, 4.69) is 10.2 Å². The number of rotatable bonds is 11. The van der Waals surface area contributed by atoms with E-state index in [1.165, 1.54) is 51.2 Å². The normalized spacial score (nSPS) is 14.7. The van der Waals surface area contributed by atoms with Gasteiger partial charge in [-0.25, -0.2) is 0 Å². The fourth-order valence-electron chi connectivity index (χ4n) is 5.16. The number of ketones is 1. The van der Waals surface area contributed by atoms with Crippen LogP contribution in [0.15, 0.2) is 80.8 Å². The molecule has 1 atom stereocenters. The number of benzene rings is 3. The van der Waals surface area contributed by atoms with Crippen molar-refractivity contribution in [3.8, 4) is 23.0 Å². The van der Waals surface area contributed by atoms with Crippen LogP contribution in [0.3, 0.4) is 0 Å². The Labute approximate surface area is 276 Å². The first-order chi connectivity index (χ1) is 22.3. The molecule has 1 aliphatic rings. The number of carbonyl (C=O) groups excluding carboxylic acids is 2. The van der Waals surface area contributed by atoms with Crippen molar-refractivity contribution in [3.63, 3.8) is 0 Å². The second-order valence-electron chi connectivity index (χ2n) is 9.85. The maximum absolute atomic E-state index is 14.2. The zero-order valence-corrected chi connectivity index (χ0v) is 27.3. The van der Waals surface area contributed by atoms with E-state index in [0.29, 0.717) is 43.1 Å². The summed E-state index contributed by atoms with van der Waals surface area (Å²) < 4.78 is 28.5. The zero-order chi connectivity index (χ0) is 32.5. The molecular formula is C32H26ClN3O8S2. The molecule has 1 aliphatic heterocycles. The average Bonchev–Trinajstić information content (AvgIpc) is 3.79. The summed E-state index contributed by atoms with van der Waals surface area (Å²) >= 11 is 8.84. The number of hydrogen-bond donors (Lipinski definition) is 1. The van der Waals surface area contributed by atoms with Gasteiger partial charge in [-0.05, 0) is 41.5 Å². The number of aliphatic hydroxyl groups excluding tert-OH is 1. The van der Waals surface area contributed by atoms with Gasteiger partial charge in [0.2, 0.25) is 16.7 Å². The van der Waals surface area contributed by atoms with Gasteiger partial charge < -0.3 is 28.5 Å². The van der Waals surface area contributed by atoms with Crippen LogP contribution in [0.1, 0.15) is 27.7 Å². The van der Waals surface area contributed by atoms with Crippen molar-refractivity contribution in [2.24, 2.45) is 0 Å². The highest BCUT2D eigenvalue weighted by Crippen LogP contribution is 2.48. The van der Waals surface area contributed by atoms with Crippen molar-refractivity contribution in [1.82, 2.24) is 10.2 Å². The molecule has 0 spiro atoms.